The molecule has 3 rings (SSSR count). The number of rotatable bonds is 2. The van der Waals surface area contributed by atoms with Crippen molar-refractivity contribution in [2.24, 2.45) is 5.73 Å². The fourth-order valence-electron chi connectivity index (χ4n) is 1.73. The minimum Gasteiger partial charge on any atom is -0.342 e. The van der Waals surface area contributed by atoms with Crippen LogP contribution in [-0.4, -0.2) is 20.1 Å². The molecule has 1 aromatic carbocycles. The van der Waals surface area contributed by atoms with Gasteiger partial charge in [-0.2, -0.15) is 4.98 Å². The molecule has 0 unspecified atom stereocenters. The van der Waals surface area contributed by atoms with Gasteiger partial charge in [0.25, 0.3) is 0 Å². The number of aryl methyl sites for hydroxylation is 1. The van der Waals surface area contributed by atoms with E-state index in [-0.39, 0.29) is 6.54 Å². The van der Waals surface area contributed by atoms with Crippen molar-refractivity contribution in [2.45, 2.75) is 13.5 Å². The lowest BCUT2D eigenvalue weighted by Crippen LogP contribution is -1.95. The molecule has 0 bridgehead atoms. The second-order valence-electron chi connectivity index (χ2n) is 3.77. The van der Waals surface area contributed by atoms with Crippen LogP contribution in [0.5, 0.6) is 0 Å². The van der Waals surface area contributed by atoms with Crippen LogP contribution >= 0.6 is 0 Å². The number of imidazole rings is 1. The Morgan fingerprint density at radius 2 is 2.24 bits per heavy atom. The molecule has 0 amide bonds. The van der Waals surface area contributed by atoms with E-state index in [1.54, 1.807) is 0 Å². The molecule has 0 saturated carbocycles. The van der Waals surface area contributed by atoms with Crippen molar-refractivity contribution in [3.8, 4) is 11.4 Å². The standard InChI is InChI=1S/C11H11N5O/c1-6-13-8-3-2-7(4-9(8)14-6)11-15-10(5-12)17-16-11/h2-4H,5,12H2,1H3,(H,13,14). The van der Waals surface area contributed by atoms with Crippen molar-refractivity contribution in [1.82, 2.24) is 20.1 Å². The molecule has 0 aliphatic heterocycles. The highest BCUT2D eigenvalue weighted by Gasteiger charge is 2.09. The van der Waals surface area contributed by atoms with Crippen LogP contribution in [-0.2, 0) is 6.54 Å². The summed E-state index contributed by atoms with van der Waals surface area (Å²) in [6, 6.07) is 5.78. The van der Waals surface area contributed by atoms with Gasteiger partial charge in [-0.1, -0.05) is 5.16 Å². The third kappa shape index (κ3) is 1.68. The van der Waals surface area contributed by atoms with Gasteiger partial charge in [0.2, 0.25) is 11.7 Å². The van der Waals surface area contributed by atoms with E-state index in [1.165, 1.54) is 0 Å². The molecule has 17 heavy (non-hydrogen) atoms. The fourth-order valence-corrected chi connectivity index (χ4v) is 1.73. The Morgan fingerprint density at radius 1 is 1.35 bits per heavy atom. The van der Waals surface area contributed by atoms with Gasteiger partial charge in [-0.15, -0.1) is 0 Å². The highest BCUT2D eigenvalue weighted by molar-refractivity contribution is 5.80. The molecule has 6 nitrogen and oxygen atoms in total. The lowest BCUT2D eigenvalue weighted by atomic mass is 10.2. The van der Waals surface area contributed by atoms with Crippen LogP contribution < -0.4 is 5.73 Å². The minimum atomic E-state index is 0.248. The molecule has 6 heteroatoms. The van der Waals surface area contributed by atoms with Crippen molar-refractivity contribution in [3.63, 3.8) is 0 Å². The summed E-state index contributed by atoms with van der Waals surface area (Å²) in [6.45, 7) is 2.17. The van der Waals surface area contributed by atoms with Crippen LogP contribution in [0.2, 0.25) is 0 Å². The van der Waals surface area contributed by atoms with E-state index in [4.69, 9.17) is 10.3 Å². The molecule has 0 saturated heterocycles. The van der Waals surface area contributed by atoms with Gasteiger partial charge < -0.3 is 15.2 Å². The van der Waals surface area contributed by atoms with Gasteiger partial charge in [-0.3, -0.25) is 0 Å². The molecule has 2 heterocycles. The van der Waals surface area contributed by atoms with Crippen molar-refractivity contribution >= 4 is 11.0 Å². The zero-order chi connectivity index (χ0) is 11.8. The van der Waals surface area contributed by atoms with Gasteiger partial charge in [-0.25, -0.2) is 4.98 Å². The van der Waals surface area contributed by atoms with Crippen molar-refractivity contribution < 1.29 is 4.52 Å². The van der Waals surface area contributed by atoms with Crippen molar-refractivity contribution in [3.05, 3.63) is 29.9 Å². The first-order valence-corrected chi connectivity index (χ1v) is 5.25. The Hall–Kier alpha value is -2.21. The summed E-state index contributed by atoms with van der Waals surface area (Å²) < 4.78 is 4.97. The lowest BCUT2D eigenvalue weighted by Gasteiger charge is -1.93. The molecule has 2 aromatic heterocycles. The van der Waals surface area contributed by atoms with Gasteiger partial charge in [0, 0.05) is 5.56 Å². The number of nitrogens with one attached hydrogen (secondary N) is 1. The van der Waals surface area contributed by atoms with Crippen molar-refractivity contribution in [1.29, 1.82) is 0 Å². The Labute approximate surface area is 96.9 Å². The van der Waals surface area contributed by atoms with E-state index in [2.05, 4.69) is 20.1 Å². The number of benzene rings is 1. The van der Waals surface area contributed by atoms with E-state index in [0.717, 1.165) is 22.4 Å². The highest BCUT2D eigenvalue weighted by atomic mass is 16.5. The van der Waals surface area contributed by atoms with Crippen molar-refractivity contribution in [2.75, 3.05) is 0 Å². The molecule has 0 fully saturated rings. The molecular weight excluding hydrogens is 218 g/mol. The van der Waals surface area contributed by atoms with Crippen LogP contribution in [0.4, 0.5) is 0 Å². The lowest BCUT2D eigenvalue weighted by molar-refractivity contribution is 0.380. The van der Waals surface area contributed by atoms with Crippen LogP contribution in [0.1, 0.15) is 11.7 Å². The molecule has 3 aromatic rings. The van der Waals surface area contributed by atoms with Gasteiger partial charge in [0.05, 0.1) is 17.6 Å². The largest absolute Gasteiger partial charge is 0.342 e. The zero-order valence-corrected chi connectivity index (χ0v) is 9.27. The Balaban J connectivity index is 2.10. The first-order chi connectivity index (χ1) is 8.26. The number of H-pyrrole nitrogens is 1. The second kappa shape index (κ2) is 3.67. The molecule has 0 aliphatic carbocycles. The minimum absolute atomic E-state index is 0.248. The van der Waals surface area contributed by atoms with Crippen LogP contribution in [0.3, 0.4) is 0 Å². The number of aromatic nitrogens is 4. The predicted octanol–water partition coefficient (Wildman–Crippen LogP) is 1.38. The maximum absolute atomic E-state index is 5.42. The number of nitrogens with two attached hydrogens (primary N) is 1. The SMILES string of the molecule is Cc1nc2ccc(-c3noc(CN)n3)cc2[nH]1. The Bertz CT molecular complexity index is 669. The Kier molecular flexibility index (Phi) is 2.15. The quantitative estimate of drug-likeness (QED) is 0.692. The van der Waals surface area contributed by atoms with Gasteiger partial charge >= 0.3 is 0 Å². The van der Waals surface area contributed by atoms with Gasteiger partial charge in [0.15, 0.2) is 0 Å². The summed E-state index contributed by atoms with van der Waals surface area (Å²) in [7, 11) is 0. The maximum atomic E-state index is 5.42. The average Bonchev–Trinajstić information content (AvgIpc) is 2.92. The third-order valence-electron chi connectivity index (χ3n) is 2.50. The molecular formula is C11H11N5O. The summed E-state index contributed by atoms with van der Waals surface area (Å²) in [5, 5.41) is 3.87. The Morgan fingerprint density at radius 3 is 3.00 bits per heavy atom. The zero-order valence-electron chi connectivity index (χ0n) is 9.27. The summed E-state index contributed by atoms with van der Waals surface area (Å²) in [5.41, 5.74) is 8.18. The molecule has 86 valence electrons. The van der Waals surface area contributed by atoms with E-state index in [1.807, 2.05) is 25.1 Å². The van der Waals surface area contributed by atoms with Crippen LogP contribution in [0, 0.1) is 6.92 Å². The summed E-state index contributed by atoms with van der Waals surface area (Å²) in [4.78, 5) is 11.7. The van der Waals surface area contributed by atoms with Gasteiger partial charge in [0.1, 0.15) is 5.82 Å². The van der Waals surface area contributed by atoms with Gasteiger partial charge in [-0.05, 0) is 25.1 Å². The predicted molar refractivity (Wildman–Crippen MR) is 62.0 cm³/mol. The normalized spacial score (nSPS) is 11.2. The monoisotopic (exact) mass is 229 g/mol. The maximum Gasteiger partial charge on any atom is 0.240 e. The molecule has 0 atom stereocenters. The second-order valence-corrected chi connectivity index (χ2v) is 3.77. The number of fused-ring (bicyclic) bond motifs is 1. The third-order valence-corrected chi connectivity index (χ3v) is 2.50. The number of hydrogen-bond donors (Lipinski definition) is 2. The molecule has 0 radical (unpaired) electrons. The van der Waals surface area contributed by atoms with E-state index >= 15 is 0 Å². The van der Waals surface area contributed by atoms with E-state index in [9.17, 15) is 0 Å². The fraction of sp³-hybridized carbons (Fsp3) is 0.182. The van der Waals surface area contributed by atoms with E-state index < -0.39 is 0 Å². The van der Waals surface area contributed by atoms with E-state index in [0.29, 0.717) is 11.7 Å². The van der Waals surface area contributed by atoms with Crippen LogP contribution in [0.25, 0.3) is 22.4 Å². The molecule has 0 spiro atoms. The first-order valence-electron chi connectivity index (χ1n) is 5.25. The molecule has 0 aliphatic rings. The number of nitrogens with zero attached hydrogens (tertiary/aromatic N) is 3. The first kappa shape index (κ1) is 9.98. The average molecular weight is 229 g/mol. The number of hydrogen-bond acceptors (Lipinski definition) is 5. The molecule has 3 N–H and O–H groups in total. The number of aromatic amines is 1. The summed E-state index contributed by atoms with van der Waals surface area (Å²) in [6.07, 6.45) is 0. The highest BCUT2D eigenvalue weighted by Crippen LogP contribution is 2.20. The summed E-state index contributed by atoms with van der Waals surface area (Å²) in [5.74, 6) is 1.86. The smallest absolute Gasteiger partial charge is 0.240 e. The topological polar surface area (TPSA) is 93.6 Å². The summed E-state index contributed by atoms with van der Waals surface area (Å²) >= 11 is 0. The van der Waals surface area contributed by atoms with Crippen LogP contribution in [0.15, 0.2) is 22.7 Å².